The van der Waals surface area contributed by atoms with Crippen molar-refractivity contribution in [3.8, 4) is 33.4 Å². The number of amidine groups is 2. The average molecular weight is 718 g/mol. The van der Waals surface area contributed by atoms with Crippen molar-refractivity contribution >= 4 is 17.4 Å². The van der Waals surface area contributed by atoms with Gasteiger partial charge in [-0.05, 0) is 122 Å². The van der Waals surface area contributed by atoms with E-state index >= 15 is 0 Å². The normalized spacial score (nSPS) is 12.5. The monoisotopic (exact) mass is 718 g/mol. The summed E-state index contributed by atoms with van der Waals surface area (Å²) in [6, 6.07) is 37.6. The van der Waals surface area contributed by atoms with Gasteiger partial charge in [-0.2, -0.15) is 0 Å². The van der Waals surface area contributed by atoms with E-state index in [4.69, 9.17) is 0 Å². The molecule has 0 heterocycles. The minimum Gasteiger partial charge on any atom is -0.287 e. The number of nitrogens with one attached hydrogen (secondary N) is 2. The summed E-state index contributed by atoms with van der Waals surface area (Å²) in [7, 11) is 0. The third-order valence-electron chi connectivity index (χ3n) is 11.1. The average Bonchev–Trinajstić information content (AvgIpc) is 3.11. The van der Waals surface area contributed by atoms with Crippen LogP contribution in [0.3, 0.4) is 0 Å². The van der Waals surface area contributed by atoms with E-state index in [1.807, 2.05) is 11.0 Å². The maximum absolute atomic E-state index is 9.82. The Balaban J connectivity index is 1.66. The predicted octanol–water partition coefficient (Wildman–Crippen LogP) is 14.4. The van der Waals surface area contributed by atoms with Crippen LogP contribution in [0, 0.1) is 30.1 Å². The Morgan fingerprint density at radius 2 is 0.889 bits per heavy atom. The van der Waals surface area contributed by atoms with Crippen LogP contribution in [0.2, 0.25) is 0 Å². The number of hydrogen-bond donors (Lipinski definition) is 2. The molecule has 0 aliphatic carbocycles. The van der Waals surface area contributed by atoms with Crippen LogP contribution in [-0.2, 0) is 16.2 Å². The van der Waals surface area contributed by atoms with Crippen molar-refractivity contribution in [2.24, 2.45) is 5.41 Å². The first-order chi connectivity index (χ1) is 25.0. The fourth-order valence-electron chi connectivity index (χ4n) is 6.98. The molecule has 2 N–H and O–H groups in total. The van der Waals surface area contributed by atoms with Crippen molar-refractivity contribution in [3.63, 3.8) is 0 Å². The molecule has 0 aromatic heterocycles. The lowest BCUT2D eigenvalue weighted by Crippen LogP contribution is -2.45. The van der Waals surface area contributed by atoms with E-state index < -0.39 is 5.41 Å². The molecule has 0 unspecified atom stereocenters. The van der Waals surface area contributed by atoms with Gasteiger partial charge in [-0.3, -0.25) is 15.7 Å². The Morgan fingerprint density at radius 1 is 0.481 bits per heavy atom. The minimum atomic E-state index is -0.431. The summed E-state index contributed by atoms with van der Waals surface area (Å²) in [5, 5.41) is 19.4. The molecular formula is C51H63N3. The zero-order valence-electron chi connectivity index (χ0n) is 35.5. The second-order valence-corrected chi connectivity index (χ2v) is 19.0. The first-order valence-corrected chi connectivity index (χ1v) is 19.6. The van der Waals surface area contributed by atoms with E-state index in [0.29, 0.717) is 11.7 Å². The van der Waals surface area contributed by atoms with Crippen molar-refractivity contribution in [2.45, 2.75) is 120 Å². The third-order valence-corrected chi connectivity index (χ3v) is 11.1. The summed E-state index contributed by atoms with van der Waals surface area (Å²) < 4.78 is 0. The molecular weight excluding hydrogens is 655 g/mol. The molecule has 0 saturated carbocycles. The second-order valence-electron chi connectivity index (χ2n) is 19.0. The van der Waals surface area contributed by atoms with Gasteiger partial charge in [-0.25, -0.2) is 0 Å². The van der Waals surface area contributed by atoms with E-state index in [9.17, 15) is 10.8 Å². The molecule has 0 aliphatic heterocycles. The molecule has 0 saturated heterocycles. The van der Waals surface area contributed by atoms with Crippen molar-refractivity contribution in [3.05, 3.63) is 137 Å². The molecule has 0 fully saturated rings. The number of anilines is 1. The molecule has 0 bridgehead atoms. The minimum absolute atomic E-state index is 0.00638. The van der Waals surface area contributed by atoms with E-state index in [1.165, 1.54) is 27.8 Å². The maximum Gasteiger partial charge on any atom is 0.138 e. The van der Waals surface area contributed by atoms with Crippen LogP contribution >= 0.6 is 0 Å². The van der Waals surface area contributed by atoms with Crippen LogP contribution in [0.5, 0.6) is 0 Å². The molecule has 0 atom stereocenters. The highest BCUT2D eigenvalue weighted by molar-refractivity contribution is 6.25. The van der Waals surface area contributed by atoms with Crippen molar-refractivity contribution in [1.29, 1.82) is 10.8 Å². The van der Waals surface area contributed by atoms with Gasteiger partial charge in [0.1, 0.15) is 11.7 Å². The van der Waals surface area contributed by atoms with Gasteiger partial charge in [0.15, 0.2) is 0 Å². The van der Waals surface area contributed by atoms with Gasteiger partial charge in [0.25, 0.3) is 0 Å². The summed E-state index contributed by atoms with van der Waals surface area (Å²) >= 11 is 0. The smallest absolute Gasteiger partial charge is 0.138 e. The van der Waals surface area contributed by atoms with E-state index in [2.05, 4.69) is 194 Å². The topological polar surface area (TPSA) is 50.9 Å². The fraction of sp³-hybridized carbons (Fsp3) is 0.373. The van der Waals surface area contributed by atoms with Crippen molar-refractivity contribution < 1.29 is 0 Å². The zero-order chi connectivity index (χ0) is 40.0. The SMILES string of the molecule is CCC(C)(C)C(=N)N(C(=N)c1cccc(-c2cc(-c3ccc(C(C)(C)C)cc3)cc(-c3ccc(C(C)(C)C)cc3)c2)c1)c1c(C)cc(C(C)(C)C)cc1C. The number of aryl methyl sites for hydroxylation is 2. The van der Waals surface area contributed by atoms with Crippen molar-refractivity contribution in [1.82, 2.24) is 0 Å². The Labute approximate surface area is 326 Å². The molecule has 0 radical (unpaired) electrons. The molecule has 54 heavy (non-hydrogen) atoms. The number of rotatable bonds is 7. The number of nitrogens with zero attached hydrogens (tertiary/aromatic N) is 1. The highest BCUT2D eigenvalue weighted by Gasteiger charge is 2.33. The van der Waals surface area contributed by atoms with Crippen LogP contribution < -0.4 is 4.90 Å². The number of benzene rings is 5. The van der Waals surface area contributed by atoms with Crippen LogP contribution in [0.1, 0.15) is 123 Å². The third kappa shape index (κ3) is 8.62. The first kappa shape index (κ1) is 40.4. The fourth-order valence-corrected chi connectivity index (χ4v) is 6.98. The van der Waals surface area contributed by atoms with Crippen LogP contribution in [0.4, 0.5) is 5.69 Å². The summed E-state index contributed by atoms with van der Waals surface area (Å²) in [6.07, 6.45) is 0.789. The lowest BCUT2D eigenvalue weighted by molar-refractivity contribution is 0.495. The van der Waals surface area contributed by atoms with Crippen LogP contribution in [0.15, 0.2) is 103 Å². The largest absolute Gasteiger partial charge is 0.287 e. The highest BCUT2D eigenvalue weighted by atomic mass is 15.2. The summed E-state index contributed by atoms with van der Waals surface area (Å²) in [5.41, 5.74) is 14.2. The summed E-state index contributed by atoms with van der Waals surface area (Å²) in [5.74, 6) is 0.738. The zero-order valence-corrected chi connectivity index (χ0v) is 35.5. The highest BCUT2D eigenvalue weighted by Crippen LogP contribution is 2.38. The van der Waals surface area contributed by atoms with Crippen molar-refractivity contribution in [2.75, 3.05) is 4.90 Å². The molecule has 5 rings (SSSR count). The standard InChI is InChI=1S/C51H63N3/c1-15-51(13,14)47(53)54(45-33(2)27-44(28-34(45)3)50(10,11)12)46(52)38-18-16-17-37(29-38)41-31-39(35-19-23-42(24-20-35)48(4,5)6)30-40(32-41)36-21-25-43(26-22-36)49(7,8)9/h16-32,52-53H,15H2,1-14H3. The molecule has 3 heteroatoms. The molecule has 0 spiro atoms. The van der Waals surface area contributed by atoms with Crippen LogP contribution in [-0.4, -0.2) is 11.7 Å². The Hall–Kier alpha value is -4.76. The quantitative estimate of drug-likeness (QED) is 0.128. The molecule has 0 aliphatic rings. The van der Waals surface area contributed by atoms with E-state index in [0.717, 1.165) is 51.1 Å². The van der Waals surface area contributed by atoms with E-state index in [1.54, 1.807) is 0 Å². The van der Waals surface area contributed by atoms with Crippen LogP contribution in [0.25, 0.3) is 33.4 Å². The molecule has 5 aromatic rings. The summed E-state index contributed by atoms with van der Waals surface area (Å²) in [4.78, 5) is 1.90. The maximum atomic E-state index is 9.82. The molecule has 3 nitrogen and oxygen atoms in total. The van der Waals surface area contributed by atoms with Gasteiger partial charge in [0, 0.05) is 11.0 Å². The van der Waals surface area contributed by atoms with Gasteiger partial charge in [-0.15, -0.1) is 0 Å². The molecule has 282 valence electrons. The summed E-state index contributed by atoms with van der Waals surface area (Å²) in [6.45, 7) is 30.8. The first-order valence-electron chi connectivity index (χ1n) is 19.6. The van der Waals surface area contributed by atoms with Gasteiger partial charge >= 0.3 is 0 Å². The van der Waals surface area contributed by atoms with E-state index in [-0.39, 0.29) is 16.2 Å². The molecule has 0 amide bonds. The van der Waals surface area contributed by atoms with Gasteiger partial charge < -0.3 is 0 Å². The lowest BCUT2D eigenvalue weighted by atomic mass is 9.83. The predicted molar refractivity (Wildman–Crippen MR) is 236 cm³/mol. The van der Waals surface area contributed by atoms with Gasteiger partial charge in [0.05, 0.1) is 5.69 Å². The second kappa shape index (κ2) is 14.8. The van der Waals surface area contributed by atoms with Gasteiger partial charge in [-0.1, -0.05) is 162 Å². The Bertz CT molecular complexity index is 2060. The Morgan fingerprint density at radius 3 is 1.28 bits per heavy atom. The van der Waals surface area contributed by atoms with Gasteiger partial charge in [0.2, 0.25) is 0 Å². The Kier molecular flexibility index (Phi) is 11.1. The lowest BCUT2D eigenvalue weighted by Gasteiger charge is -2.37. The molecule has 5 aromatic carbocycles. The number of hydrogen-bond acceptors (Lipinski definition) is 2.